The molecule has 0 aromatic carbocycles. The highest BCUT2D eigenvalue weighted by molar-refractivity contribution is 6.55. The molecule has 0 fully saturated rings. The molecule has 0 heterocycles. The number of allylic oxidation sites excluding steroid dienone is 2. The minimum absolute atomic E-state index is 0.111. The highest BCUT2D eigenvalue weighted by atomic mass is 35.5. The maximum absolute atomic E-state index is 9.75. The van der Waals surface area contributed by atoms with Gasteiger partial charge in [-0.15, -0.1) is 0 Å². The number of esters is 1. The molecule has 14 heavy (non-hydrogen) atoms. The van der Waals surface area contributed by atoms with E-state index in [2.05, 4.69) is 31.1 Å². The van der Waals surface area contributed by atoms with Crippen LogP contribution in [-0.4, -0.2) is 5.97 Å². The summed E-state index contributed by atoms with van der Waals surface area (Å²) in [4.78, 5) is 9.75. The van der Waals surface area contributed by atoms with E-state index in [4.69, 9.17) is 23.2 Å². The molecule has 0 amide bonds. The largest absolute Gasteiger partial charge is 0.435 e. The second-order valence-corrected chi connectivity index (χ2v) is 2.69. The summed E-state index contributed by atoms with van der Waals surface area (Å²) in [5, 5.41) is 0. The normalized spacial score (nSPS) is 6.21. The Kier molecular flexibility index (Phi) is 24.0. The number of rotatable bonds is 2. The molecular weight excluding hydrogens is 223 g/mol. The van der Waals surface area contributed by atoms with Gasteiger partial charge in [0.15, 0.2) is 0 Å². The van der Waals surface area contributed by atoms with Gasteiger partial charge in [0.05, 0.1) is 10.8 Å². The molecule has 0 N–H and O–H groups in total. The van der Waals surface area contributed by atoms with Crippen molar-refractivity contribution in [3.05, 3.63) is 49.2 Å². The van der Waals surface area contributed by atoms with Gasteiger partial charge in [0, 0.05) is 6.92 Å². The molecule has 0 aromatic rings. The van der Waals surface area contributed by atoms with Crippen LogP contribution in [0.4, 0.5) is 0 Å². The first kappa shape index (κ1) is 18.7. The monoisotopic (exact) mass is 236 g/mol. The van der Waals surface area contributed by atoms with Gasteiger partial charge in [-0.25, -0.2) is 0 Å². The lowest BCUT2D eigenvalue weighted by Gasteiger charge is -1.83. The summed E-state index contributed by atoms with van der Waals surface area (Å²) in [6.07, 6.45) is 4.38. The molecule has 0 aliphatic carbocycles. The van der Waals surface area contributed by atoms with E-state index in [-0.39, 0.29) is 10.5 Å². The molecule has 0 aliphatic heterocycles. The first-order valence-electron chi connectivity index (χ1n) is 3.43. The fourth-order valence-corrected chi connectivity index (χ4v) is 0.117. The lowest BCUT2D eigenvalue weighted by atomic mass is 10.6. The van der Waals surface area contributed by atoms with Crippen LogP contribution in [0, 0.1) is 0 Å². The van der Waals surface area contributed by atoms with Crippen LogP contribution >= 0.6 is 23.2 Å². The molecule has 0 spiro atoms. The Hall–Kier alpha value is -0.990. The quantitative estimate of drug-likeness (QED) is 0.412. The summed E-state index contributed by atoms with van der Waals surface area (Å²) < 4.78 is 4.28. The van der Waals surface area contributed by atoms with E-state index in [0.29, 0.717) is 0 Å². The maximum atomic E-state index is 9.75. The molecule has 80 valence electrons. The Morgan fingerprint density at radius 2 is 1.50 bits per heavy atom. The minimum Gasteiger partial charge on any atom is -0.435 e. The maximum Gasteiger partial charge on any atom is 0.307 e. The van der Waals surface area contributed by atoms with E-state index in [0.717, 1.165) is 6.26 Å². The van der Waals surface area contributed by atoms with Crippen LogP contribution in [0.5, 0.6) is 0 Å². The van der Waals surface area contributed by atoms with Gasteiger partial charge in [0.25, 0.3) is 0 Å². The molecule has 0 bridgehead atoms. The van der Waals surface area contributed by atoms with Crippen molar-refractivity contribution in [3.63, 3.8) is 0 Å². The number of hydrogen-bond donors (Lipinski definition) is 0. The van der Waals surface area contributed by atoms with Crippen LogP contribution < -0.4 is 0 Å². The molecule has 0 unspecified atom stereocenters. The fraction of sp³-hybridized carbons (Fsp3) is 0.100. The number of ether oxygens (including phenoxy) is 1. The van der Waals surface area contributed by atoms with Crippen LogP contribution in [0.2, 0.25) is 0 Å². The van der Waals surface area contributed by atoms with Crippen molar-refractivity contribution in [2.45, 2.75) is 6.92 Å². The van der Waals surface area contributed by atoms with Crippen molar-refractivity contribution < 1.29 is 9.53 Å². The van der Waals surface area contributed by atoms with Gasteiger partial charge in [0.2, 0.25) is 0 Å². The van der Waals surface area contributed by atoms with Gasteiger partial charge in [0.1, 0.15) is 0 Å². The summed E-state index contributed by atoms with van der Waals surface area (Å²) in [5.41, 5.74) is 0. The van der Waals surface area contributed by atoms with E-state index in [1.54, 1.807) is 12.2 Å². The molecule has 0 atom stereocenters. The molecule has 0 saturated heterocycles. The van der Waals surface area contributed by atoms with Gasteiger partial charge >= 0.3 is 5.97 Å². The smallest absolute Gasteiger partial charge is 0.307 e. The van der Waals surface area contributed by atoms with Crippen molar-refractivity contribution in [2.24, 2.45) is 0 Å². The molecule has 0 radical (unpaired) electrons. The zero-order valence-electron chi connectivity index (χ0n) is 8.13. The van der Waals surface area contributed by atoms with E-state index in [1.807, 2.05) is 0 Å². The van der Waals surface area contributed by atoms with Crippen LogP contribution in [-0.2, 0) is 9.53 Å². The van der Waals surface area contributed by atoms with E-state index >= 15 is 0 Å². The summed E-state index contributed by atoms with van der Waals surface area (Å²) in [7, 11) is 0. The third-order valence-corrected chi connectivity index (χ3v) is 0.416. The minimum atomic E-state index is -0.329. The van der Waals surface area contributed by atoms with E-state index in [9.17, 15) is 4.79 Å². The zero-order chi connectivity index (χ0) is 12.0. The fourth-order valence-electron chi connectivity index (χ4n) is 0.117. The Balaban J connectivity index is -0.000000135. The molecule has 0 rings (SSSR count). The van der Waals surface area contributed by atoms with Crippen molar-refractivity contribution in [3.8, 4) is 0 Å². The predicted octanol–water partition coefficient (Wildman–Crippen LogP) is 3.99. The third kappa shape index (κ3) is 122. The Labute approximate surface area is 95.2 Å². The first-order chi connectivity index (χ1) is 6.42. The Morgan fingerprint density at radius 3 is 1.50 bits per heavy atom. The van der Waals surface area contributed by atoms with Crippen LogP contribution in [0.25, 0.3) is 0 Å². The van der Waals surface area contributed by atoms with Crippen molar-refractivity contribution in [2.75, 3.05) is 0 Å². The summed E-state index contributed by atoms with van der Waals surface area (Å²) in [6.45, 7) is 14.3. The number of hydrogen-bond acceptors (Lipinski definition) is 2. The average Bonchev–Trinajstić information content (AvgIpc) is 2.03. The molecule has 2 nitrogen and oxygen atoms in total. The number of carbonyl (C=O) groups excluding carboxylic acids is 1. The summed E-state index contributed by atoms with van der Waals surface area (Å²) in [6, 6.07) is 0. The van der Waals surface area contributed by atoms with Crippen molar-refractivity contribution in [1.82, 2.24) is 0 Å². The van der Waals surface area contributed by atoms with E-state index in [1.165, 1.54) is 6.92 Å². The SMILES string of the molecule is C=C(Cl)Cl.C=CC=C.C=COC(C)=O. The molecule has 0 aromatic heterocycles. The predicted molar refractivity (Wildman–Crippen MR) is 63.2 cm³/mol. The Bertz CT molecular complexity index is 188. The van der Waals surface area contributed by atoms with Crippen LogP contribution in [0.1, 0.15) is 6.92 Å². The summed E-state index contributed by atoms with van der Waals surface area (Å²) >= 11 is 9.69. The van der Waals surface area contributed by atoms with Crippen molar-refractivity contribution in [1.29, 1.82) is 0 Å². The first-order valence-corrected chi connectivity index (χ1v) is 4.19. The zero-order valence-corrected chi connectivity index (χ0v) is 9.64. The topological polar surface area (TPSA) is 26.3 Å². The molecular formula is C10H14Cl2O2. The average molecular weight is 237 g/mol. The molecule has 0 saturated carbocycles. The van der Waals surface area contributed by atoms with Gasteiger partial charge in [-0.3, -0.25) is 4.79 Å². The van der Waals surface area contributed by atoms with Gasteiger partial charge < -0.3 is 4.74 Å². The highest BCUT2D eigenvalue weighted by Gasteiger charge is 1.79. The van der Waals surface area contributed by atoms with Crippen LogP contribution in [0.3, 0.4) is 0 Å². The third-order valence-electron chi connectivity index (χ3n) is 0.416. The second-order valence-electron chi connectivity index (χ2n) is 1.59. The lowest BCUT2D eigenvalue weighted by Crippen LogP contribution is -1.87. The Morgan fingerprint density at radius 1 is 1.21 bits per heavy atom. The molecule has 4 heteroatoms. The van der Waals surface area contributed by atoms with Gasteiger partial charge in [-0.05, 0) is 0 Å². The number of carbonyl (C=O) groups is 1. The van der Waals surface area contributed by atoms with Gasteiger partial charge in [-0.2, -0.15) is 0 Å². The summed E-state index contributed by atoms with van der Waals surface area (Å²) in [5.74, 6) is -0.329. The number of halogens is 2. The lowest BCUT2D eigenvalue weighted by molar-refractivity contribution is -0.135. The highest BCUT2D eigenvalue weighted by Crippen LogP contribution is 1.98. The van der Waals surface area contributed by atoms with Crippen molar-refractivity contribution >= 4 is 29.2 Å². The van der Waals surface area contributed by atoms with Gasteiger partial charge in [-0.1, -0.05) is 61.7 Å². The van der Waals surface area contributed by atoms with E-state index < -0.39 is 0 Å². The standard InChI is InChI=1S/C4H6O2.C4H6.C2H2Cl2/c1-3-6-4(2)5;1-3-4-2;1-2(3)4/h3H,1H2,2H3;3-4H,1-2H2;1H2. The van der Waals surface area contributed by atoms with Crippen LogP contribution in [0.15, 0.2) is 49.2 Å². The second kappa shape index (κ2) is 17.9. The molecule has 0 aliphatic rings.